The first-order valence-electron chi connectivity index (χ1n) is 6.24. The van der Waals surface area contributed by atoms with Crippen LogP contribution >= 0.6 is 23.4 Å². The predicted octanol–water partition coefficient (Wildman–Crippen LogP) is 4.76. The lowest BCUT2D eigenvalue weighted by atomic mass is 10.2. The molecule has 0 amide bonds. The third kappa shape index (κ3) is 2.74. The molecular formula is C16H13ClN2S. The van der Waals surface area contributed by atoms with E-state index in [4.69, 9.17) is 17.3 Å². The van der Waals surface area contributed by atoms with E-state index < -0.39 is 0 Å². The summed E-state index contributed by atoms with van der Waals surface area (Å²) in [6.07, 6.45) is 1.70. The minimum absolute atomic E-state index is 0.689. The van der Waals surface area contributed by atoms with Gasteiger partial charge in [0, 0.05) is 21.1 Å². The van der Waals surface area contributed by atoms with Crippen molar-refractivity contribution >= 4 is 40.0 Å². The van der Waals surface area contributed by atoms with Gasteiger partial charge in [-0.3, -0.25) is 4.98 Å². The minimum Gasteiger partial charge on any atom is -0.397 e. The van der Waals surface area contributed by atoms with Gasteiger partial charge in [-0.15, -0.1) is 11.8 Å². The van der Waals surface area contributed by atoms with Crippen LogP contribution in [0.5, 0.6) is 0 Å². The van der Waals surface area contributed by atoms with Crippen molar-refractivity contribution in [2.24, 2.45) is 0 Å². The second kappa shape index (κ2) is 5.73. The molecule has 0 bridgehead atoms. The third-order valence-electron chi connectivity index (χ3n) is 3.04. The van der Waals surface area contributed by atoms with E-state index in [0.29, 0.717) is 10.7 Å². The highest BCUT2D eigenvalue weighted by Crippen LogP contribution is 2.34. The van der Waals surface area contributed by atoms with Crippen molar-refractivity contribution in [2.75, 3.05) is 5.73 Å². The van der Waals surface area contributed by atoms with Crippen molar-refractivity contribution in [3.05, 3.63) is 65.3 Å². The SMILES string of the molecule is Nc1cnc2cc(Cl)ccc2c1SCc1ccccc1. The summed E-state index contributed by atoms with van der Waals surface area (Å²) in [5, 5.41) is 1.74. The monoisotopic (exact) mass is 300 g/mol. The van der Waals surface area contributed by atoms with Gasteiger partial charge in [0.1, 0.15) is 0 Å². The fraction of sp³-hybridized carbons (Fsp3) is 0.0625. The first-order chi connectivity index (χ1) is 9.74. The number of anilines is 1. The molecule has 0 radical (unpaired) electrons. The second-order valence-corrected chi connectivity index (χ2v) is 5.90. The predicted molar refractivity (Wildman–Crippen MR) is 87.2 cm³/mol. The zero-order valence-electron chi connectivity index (χ0n) is 10.7. The molecule has 0 unspecified atom stereocenters. The van der Waals surface area contributed by atoms with E-state index in [1.165, 1.54) is 5.56 Å². The van der Waals surface area contributed by atoms with Gasteiger partial charge in [-0.05, 0) is 17.7 Å². The van der Waals surface area contributed by atoms with Crippen LogP contribution in [0.2, 0.25) is 5.02 Å². The fourth-order valence-corrected chi connectivity index (χ4v) is 3.26. The van der Waals surface area contributed by atoms with Gasteiger partial charge in [0.05, 0.1) is 17.4 Å². The van der Waals surface area contributed by atoms with E-state index >= 15 is 0 Å². The fourth-order valence-electron chi connectivity index (χ4n) is 2.05. The lowest BCUT2D eigenvalue weighted by Gasteiger charge is -2.09. The first kappa shape index (κ1) is 13.3. The van der Waals surface area contributed by atoms with E-state index in [2.05, 4.69) is 17.1 Å². The Balaban J connectivity index is 1.96. The quantitative estimate of drug-likeness (QED) is 0.709. The number of thioether (sulfide) groups is 1. The van der Waals surface area contributed by atoms with Gasteiger partial charge in [0.2, 0.25) is 0 Å². The Hall–Kier alpha value is -1.71. The lowest BCUT2D eigenvalue weighted by Crippen LogP contribution is -1.93. The molecule has 0 fully saturated rings. The van der Waals surface area contributed by atoms with Crippen LogP contribution in [0.4, 0.5) is 5.69 Å². The normalized spacial score (nSPS) is 10.8. The van der Waals surface area contributed by atoms with Crippen molar-refractivity contribution < 1.29 is 0 Å². The summed E-state index contributed by atoms with van der Waals surface area (Å²) < 4.78 is 0. The number of rotatable bonds is 3. The molecule has 1 heterocycles. The number of pyridine rings is 1. The van der Waals surface area contributed by atoms with Crippen molar-refractivity contribution in [3.63, 3.8) is 0 Å². The zero-order chi connectivity index (χ0) is 13.9. The minimum atomic E-state index is 0.689. The van der Waals surface area contributed by atoms with Crippen LogP contribution in [0.25, 0.3) is 10.9 Å². The lowest BCUT2D eigenvalue weighted by molar-refractivity contribution is 1.34. The molecule has 0 saturated heterocycles. The van der Waals surface area contributed by atoms with Crippen LogP contribution in [0.3, 0.4) is 0 Å². The van der Waals surface area contributed by atoms with E-state index in [-0.39, 0.29) is 0 Å². The molecule has 2 aromatic carbocycles. The van der Waals surface area contributed by atoms with Gasteiger partial charge in [0.25, 0.3) is 0 Å². The number of halogens is 1. The smallest absolute Gasteiger partial charge is 0.0729 e. The molecule has 0 aliphatic rings. The summed E-state index contributed by atoms with van der Waals surface area (Å²) in [5.74, 6) is 0.882. The molecule has 20 heavy (non-hydrogen) atoms. The maximum atomic E-state index is 6.07. The molecule has 0 spiro atoms. The summed E-state index contributed by atoms with van der Waals surface area (Å²) in [5.41, 5.74) is 8.93. The van der Waals surface area contributed by atoms with Gasteiger partial charge >= 0.3 is 0 Å². The largest absolute Gasteiger partial charge is 0.397 e. The second-order valence-electron chi connectivity index (χ2n) is 4.48. The molecule has 0 aliphatic heterocycles. The number of nitrogens with zero attached hydrogens (tertiary/aromatic N) is 1. The van der Waals surface area contributed by atoms with Crippen LogP contribution in [0.15, 0.2) is 59.6 Å². The van der Waals surface area contributed by atoms with E-state index in [0.717, 1.165) is 21.6 Å². The number of fused-ring (bicyclic) bond motifs is 1. The number of benzene rings is 2. The Morgan fingerprint density at radius 2 is 1.90 bits per heavy atom. The van der Waals surface area contributed by atoms with Crippen molar-refractivity contribution in [1.29, 1.82) is 0 Å². The molecule has 3 rings (SSSR count). The molecule has 3 aromatic rings. The number of nitrogen functional groups attached to an aromatic ring is 1. The molecule has 2 nitrogen and oxygen atoms in total. The summed E-state index contributed by atoms with van der Waals surface area (Å²) in [4.78, 5) is 5.40. The van der Waals surface area contributed by atoms with E-state index in [1.54, 1.807) is 18.0 Å². The molecular weight excluding hydrogens is 288 g/mol. The summed E-state index contributed by atoms with van der Waals surface area (Å²) >= 11 is 7.73. The Kier molecular flexibility index (Phi) is 3.81. The standard InChI is InChI=1S/C16H13ClN2S/c17-12-6-7-13-15(8-12)19-9-14(18)16(13)20-10-11-4-2-1-3-5-11/h1-9H,10,18H2. The van der Waals surface area contributed by atoms with Crippen LogP contribution in [0, 0.1) is 0 Å². The topological polar surface area (TPSA) is 38.9 Å². The maximum absolute atomic E-state index is 6.07. The average Bonchev–Trinajstić information content (AvgIpc) is 2.47. The van der Waals surface area contributed by atoms with Gasteiger partial charge in [-0.1, -0.05) is 48.0 Å². The molecule has 0 saturated carbocycles. The van der Waals surface area contributed by atoms with Crippen molar-refractivity contribution in [3.8, 4) is 0 Å². The molecule has 2 N–H and O–H groups in total. The highest BCUT2D eigenvalue weighted by Gasteiger charge is 2.08. The number of aromatic nitrogens is 1. The highest BCUT2D eigenvalue weighted by molar-refractivity contribution is 7.99. The maximum Gasteiger partial charge on any atom is 0.0729 e. The van der Waals surface area contributed by atoms with Crippen molar-refractivity contribution in [2.45, 2.75) is 10.6 Å². The Labute approximate surface area is 127 Å². The van der Waals surface area contributed by atoms with Gasteiger partial charge < -0.3 is 5.73 Å². The molecule has 0 atom stereocenters. The summed E-state index contributed by atoms with van der Waals surface area (Å²) in [6.45, 7) is 0. The molecule has 4 heteroatoms. The van der Waals surface area contributed by atoms with Crippen LogP contribution in [0.1, 0.15) is 5.56 Å². The number of hydrogen-bond donors (Lipinski definition) is 1. The van der Waals surface area contributed by atoms with Crippen LogP contribution in [-0.2, 0) is 5.75 Å². The number of hydrogen-bond acceptors (Lipinski definition) is 3. The Morgan fingerprint density at radius 3 is 2.70 bits per heavy atom. The van der Waals surface area contributed by atoms with Crippen molar-refractivity contribution in [1.82, 2.24) is 4.98 Å². The Morgan fingerprint density at radius 1 is 1.10 bits per heavy atom. The zero-order valence-corrected chi connectivity index (χ0v) is 12.3. The first-order valence-corrected chi connectivity index (χ1v) is 7.61. The van der Waals surface area contributed by atoms with Gasteiger partial charge in [0.15, 0.2) is 0 Å². The van der Waals surface area contributed by atoms with Crippen LogP contribution in [-0.4, -0.2) is 4.98 Å². The molecule has 0 aliphatic carbocycles. The average molecular weight is 301 g/mol. The molecule has 100 valence electrons. The van der Waals surface area contributed by atoms with E-state index in [1.807, 2.05) is 36.4 Å². The van der Waals surface area contributed by atoms with E-state index in [9.17, 15) is 0 Å². The van der Waals surface area contributed by atoms with Gasteiger partial charge in [-0.25, -0.2) is 0 Å². The highest BCUT2D eigenvalue weighted by atomic mass is 35.5. The summed E-state index contributed by atoms with van der Waals surface area (Å²) in [6, 6.07) is 16.1. The third-order valence-corrected chi connectivity index (χ3v) is 4.49. The number of nitrogens with two attached hydrogens (primary N) is 1. The Bertz CT molecular complexity index is 744. The molecule has 1 aromatic heterocycles. The summed E-state index contributed by atoms with van der Waals surface area (Å²) in [7, 11) is 0. The van der Waals surface area contributed by atoms with Crippen LogP contribution < -0.4 is 5.73 Å². The van der Waals surface area contributed by atoms with Gasteiger partial charge in [-0.2, -0.15) is 0 Å².